The number of nitrogens with two attached hydrogens (primary N) is 1. The van der Waals surface area contributed by atoms with Gasteiger partial charge in [0.05, 0.1) is 0 Å². The molecule has 2 rings (SSSR count). The van der Waals surface area contributed by atoms with Crippen molar-refractivity contribution >= 4 is 11.5 Å². The molecule has 0 radical (unpaired) electrons. The third-order valence-corrected chi connectivity index (χ3v) is 3.11. The fraction of sp³-hybridized carbons (Fsp3) is 0.583. The molecule has 0 unspecified atom stereocenters. The molecule has 1 aromatic heterocycles. The molecule has 0 aliphatic carbocycles. The summed E-state index contributed by atoms with van der Waals surface area (Å²) in [6, 6.07) is 3.74. The van der Waals surface area contributed by atoms with Crippen molar-refractivity contribution in [1.82, 2.24) is 9.88 Å². The second-order valence-electron chi connectivity index (χ2n) is 4.42. The molecule has 1 fully saturated rings. The minimum Gasteiger partial charge on any atom is -0.399 e. The lowest BCUT2D eigenvalue weighted by molar-refractivity contribution is 0.346. The smallest absolute Gasteiger partial charge is 0.130 e. The molecule has 1 aliphatic heterocycles. The van der Waals surface area contributed by atoms with Gasteiger partial charge in [0.15, 0.2) is 0 Å². The number of hydrogen-bond acceptors (Lipinski definition) is 4. The molecule has 1 saturated heterocycles. The zero-order chi connectivity index (χ0) is 11.4. The van der Waals surface area contributed by atoms with E-state index in [1.54, 1.807) is 6.20 Å². The van der Waals surface area contributed by atoms with E-state index in [1.165, 1.54) is 25.9 Å². The van der Waals surface area contributed by atoms with Crippen LogP contribution in [-0.2, 0) is 0 Å². The minimum atomic E-state index is 0.776. The molecule has 1 aromatic rings. The minimum absolute atomic E-state index is 0.776. The maximum Gasteiger partial charge on any atom is 0.130 e. The van der Waals surface area contributed by atoms with E-state index in [0.29, 0.717) is 0 Å². The van der Waals surface area contributed by atoms with Gasteiger partial charge >= 0.3 is 0 Å². The normalized spacial score (nSPS) is 16.6. The van der Waals surface area contributed by atoms with Crippen molar-refractivity contribution in [3.63, 3.8) is 0 Å². The van der Waals surface area contributed by atoms with Gasteiger partial charge in [0.2, 0.25) is 0 Å². The van der Waals surface area contributed by atoms with Crippen LogP contribution in [0.5, 0.6) is 0 Å². The Morgan fingerprint density at radius 3 is 2.88 bits per heavy atom. The van der Waals surface area contributed by atoms with Gasteiger partial charge in [-0.05, 0) is 32.0 Å². The van der Waals surface area contributed by atoms with Gasteiger partial charge in [0.25, 0.3) is 0 Å². The molecule has 2 heterocycles. The van der Waals surface area contributed by atoms with E-state index in [0.717, 1.165) is 24.6 Å². The van der Waals surface area contributed by atoms with Gasteiger partial charge in [-0.25, -0.2) is 4.98 Å². The number of nitrogens with zero attached hydrogens (tertiary/aromatic N) is 3. The van der Waals surface area contributed by atoms with Crippen molar-refractivity contribution in [3.05, 3.63) is 18.3 Å². The van der Waals surface area contributed by atoms with Gasteiger partial charge in [0.1, 0.15) is 5.82 Å². The molecule has 0 saturated carbocycles. The number of nitrogen functional groups attached to an aromatic ring is 1. The fourth-order valence-electron chi connectivity index (χ4n) is 2.06. The average Bonchev–Trinajstić information content (AvgIpc) is 2.78. The third kappa shape index (κ3) is 2.85. The lowest BCUT2D eigenvalue weighted by Crippen LogP contribution is -2.31. The van der Waals surface area contributed by atoms with Crippen molar-refractivity contribution in [2.45, 2.75) is 12.8 Å². The first-order valence-corrected chi connectivity index (χ1v) is 5.91. The van der Waals surface area contributed by atoms with Crippen LogP contribution >= 0.6 is 0 Å². The Bertz CT molecular complexity index is 334. The second-order valence-corrected chi connectivity index (χ2v) is 4.42. The van der Waals surface area contributed by atoms with Gasteiger partial charge in [-0.2, -0.15) is 0 Å². The summed E-state index contributed by atoms with van der Waals surface area (Å²) in [5.41, 5.74) is 6.51. The molecule has 0 bridgehead atoms. The van der Waals surface area contributed by atoms with Crippen LogP contribution in [0, 0.1) is 0 Å². The highest BCUT2D eigenvalue weighted by Crippen LogP contribution is 2.13. The van der Waals surface area contributed by atoms with E-state index in [-0.39, 0.29) is 0 Å². The number of rotatable bonds is 4. The van der Waals surface area contributed by atoms with Gasteiger partial charge in [-0.15, -0.1) is 0 Å². The lowest BCUT2D eigenvalue weighted by atomic mass is 10.4. The fourth-order valence-corrected chi connectivity index (χ4v) is 2.06. The van der Waals surface area contributed by atoms with E-state index < -0.39 is 0 Å². The topological polar surface area (TPSA) is 45.4 Å². The first-order valence-electron chi connectivity index (χ1n) is 5.91. The Balaban J connectivity index is 1.85. The molecule has 0 aromatic carbocycles. The quantitative estimate of drug-likeness (QED) is 0.828. The van der Waals surface area contributed by atoms with Crippen molar-refractivity contribution in [1.29, 1.82) is 0 Å². The highest BCUT2D eigenvalue weighted by molar-refractivity contribution is 5.49. The number of pyridine rings is 1. The summed E-state index contributed by atoms with van der Waals surface area (Å²) in [7, 11) is 2.07. The molecule has 0 atom stereocenters. The molecule has 16 heavy (non-hydrogen) atoms. The second kappa shape index (κ2) is 5.16. The van der Waals surface area contributed by atoms with Crippen molar-refractivity contribution in [2.24, 2.45) is 0 Å². The Kier molecular flexibility index (Phi) is 3.62. The van der Waals surface area contributed by atoms with Crippen LogP contribution in [0.25, 0.3) is 0 Å². The van der Waals surface area contributed by atoms with Crippen LogP contribution in [0.15, 0.2) is 18.3 Å². The lowest BCUT2D eigenvalue weighted by Gasteiger charge is -2.22. The number of likely N-dealkylation sites (N-methyl/N-ethyl adjacent to an activating group) is 1. The molecular formula is C12H20N4. The van der Waals surface area contributed by atoms with Gasteiger partial charge in [0, 0.05) is 38.1 Å². The summed E-state index contributed by atoms with van der Waals surface area (Å²) in [6.07, 6.45) is 4.46. The Morgan fingerprint density at radius 1 is 1.44 bits per heavy atom. The molecule has 4 heteroatoms. The van der Waals surface area contributed by atoms with Gasteiger partial charge in [-0.1, -0.05) is 0 Å². The zero-order valence-corrected chi connectivity index (χ0v) is 9.89. The monoisotopic (exact) mass is 220 g/mol. The molecule has 1 aliphatic rings. The summed E-state index contributed by atoms with van der Waals surface area (Å²) in [6.45, 7) is 4.62. The van der Waals surface area contributed by atoms with E-state index >= 15 is 0 Å². The van der Waals surface area contributed by atoms with E-state index in [4.69, 9.17) is 5.73 Å². The zero-order valence-electron chi connectivity index (χ0n) is 9.89. The summed E-state index contributed by atoms with van der Waals surface area (Å²) in [4.78, 5) is 8.98. The van der Waals surface area contributed by atoms with Crippen LogP contribution in [0.3, 0.4) is 0 Å². The van der Waals surface area contributed by atoms with E-state index in [9.17, 15) is 0 Å². The molecule has 4 nitrogen and oxygen atoms in total. The SMILES string of the molecule is CN(CCN1CCCC1)c1cc(N)ccn1. The van der Waals surface area contributed by atoms with Crippen LogP contribution in [0.4, 0.5) is 11.5 Å². The maximum atomic E-state index is 5.74. The predicted octanol–water partition coefficient (Wildman–Crippen LogP) is 1.20. The Hall–Kier alpha value is -1.29. The maximum absolute atomic E-state index is 5.74. The van der Waals surface area contributed by atoms with Crippen molar-refractivity contribution in [2.75, 3.05) is 43.9 Å². The number of aromatic nitrogens is 1. The standard InChI is InChI=1S/C12H20N4/c1-15(8-9-16-6-2-3-7-16)12-10-11(13)4-5-14-12/h4-5,10H,2-3,6-9H2,1H3,(H2,13,14). The van der Waals surface area contributed by atoms with E-state index in [1.807, 2.05) is 12.1 Å². The largest absolute Gasteiger partial charge is 0.399 e. The Labute approximate surface area is 97.1 Å². The first kappa shape index (κ1) is 11.2. The number of hydrogen-bond donors (Lipinski definition) is 1. The van der Waals surface area contributed by atoms with Crippen LogP contribution < -0.4 is 10.6 Å². The molecule has 0 spiro atoms. The summed E-state index contributed by atoms with van der Waals surface area (Å²) < 4.78 is 0. The summed E-state index contributed by atoms with van der Waals surface area (Å²) >= 11 is 0. The van der Waals surface area contributed by atoms with Crippen LogP contribution in [0.2, 0.25) is 0 Å². The predicted molar refractivity (Wildman–Crippen MR) is 67.6 cm³/mol. The van der Waals surface area contributed by atoms with Crippen molar-refractivity contribution in [3.8, 4) is 0 Å². The highest BCUT2D eigenvalue weighted by Gasteiger charge is 2.12. The Morgan fingerprint density at radius 2 is 2.19 bits per heavy atom. The first-order chi connectivity index (χ1) is 7.75. The van der Waals surface area contributed by atoms with Gasteiger partial charge < -0.3 is 15.5 Å². The molecule has 88 valence electrons. The van der Waals surface area contributed by atoms with E-state index in [2.05, 4.69) is 21.8 Å². The number of anilines is 2. The summed E-state index contributed by atoms with van der Waals surface area (Å²) in [5, 5.41) is 0. The molecule has 0 amide bonds. The third-order valence-electron chi connectivity index (χ3n) is 3.11. The number of likely N-dealkylation sites (tertiary alicyclic amines) is 1. The molecular weight excluding hydrogens is 200 g/mol. The highest BCUT2D eigenvalue weighted by atomic mass is 15.2. The van der Waals surface area contributed by atoms with Crippen molar-refractivity contribution < 1.29 is 0 Å². The van der Waals surface area contributed by atoms with Gasteiger partial charge in [-0.3, -0.25) is 0 Å². The van der Waals surface area contributed by atoms with Crippen LogP contribution in [0.1, 0.15) is 12.8 Å². The van der Waals surface area contributed by atoms with Crippen LogP contribution in [-0.4, -0.2) is 43.1 Å². The average molecular weight is 220 g/mol. The summed E-state index contributed by atoms with van der Waals surface area (Å²) in [5.74, 6) is 0.958. The molecule has 2 N–H and O–H groups in total.